The minimum absolute atomic E-state index is 0.0418. The number of terminal acetylenes is 1. The summed E-state index contributed by atoms with van der Waals surface area (Å²) >= 11 is 11.6. The molecular weight excluding hydrogens is 390 g/mol. The third-order valence-corrected chi connectivity index (χ3v) is 3.78. The molecule has 0 bridgehead atoms. The molecule has 0 atom stereocenters. The molecule has 134 valence electrons. The summed E-state index contributed by atoms with van der Waals surface area (Å²) in [6, 6.07) is -2.72. The number of aryl methyl sites for hydroxylation is 1. The Kier molecular flexibility index (Phi) is 5.49. The van der Waals surface area contributed by atoms with E-state index in [-0.39, 0.29) is 27.5 Å². The molecule has 0 amide bonds. The largest absolute Gasteiger partial charge is 0.479 e. The summed E-state index contributed by atoms with van der Waals surface area (Å²) in [4.78, 5) is 3.68. The van der Waals surface area contributed by atoms with Gasteiger partial charge in [-0.25, -0.2) is 18.2 Å². The van der Waals surface area contributed by atoms with E-state index in [0.29, 0.717) is 0 Å². The fourth-order valence-corrected chi connectivity index (χ4v) is 2.65. The Hall–Kier alpha value is -1.98. The van der Waals surface area contributed by atoms with E-state index in [2.05, 4.69) is 10.9 Å². The summed E-state index contributed by atoms with van der Waals surface area (Å²) in [5, 5.41) is -0.978. The van der Waals surface area contributed by atoms with Crippen molar-refractivity contribution in [1.29, 1.82) is 0 Å². The Balaban J connectivity index is 2.63. The lowest BCUT2D eigenvalue weighted by molar-refractivity contribution is -0.190. The highest BCUT2D eigenvalue weighted by molar-refractivity contribution is 6.33. The second-order valence-corrected chi connectivity index (χ2v) is 5.54. The molecule has 0 aliphatic heterocycles. The molecule has 0 spiro atoms. The molecule has 0 aliphatic rings. The van der Waals surface area contributed by atoms with Crippen molar-refractivity contribution in [2.24, 2.45) is 0 Å². The highest BCUT2D eigenvalue weighted by atomic mass is 35.5. The summed E-state index contributed by atoms with van der Waals surface area (Å²) in [6.07, 6.45) is 1.01. The van der Waals surface area contributed by atoms with E-state index in [4.69, 9.17) is 34.4 Å². The molecular formula is C15H9Cl2F5N2O. The van der Waals surface area contributed by atoms with E-state index in [1.165, 1.54) is 0 Å². The van der Waals surface area contributed by atoms with Crippen LogP contribution < -0.4 is 4.74 Å². The molecule has 2 aromatic rings. The minimum Gasteiger partial charge on any atom is -0.479 e. The first-order chi connectivity index (χ1) is 11.6. The van der Waals surface area contributed by atoms with E-state index in [1.54, 1.807) is 0 Å². The maximum absolute atomic E-state index is 14.2. The van der Waals surface area contributed by atoms with Gasteiger partial charge in [0.2, 0.25) is 0 Å². The molecule has 0 radical (unpaired) electrons. The molecule has 0 aliphatic carbocycles. The predicted molar refractivity (Wildman–Crippen MR) is 82.9 cm³/mol. The van der Waals surface area contributed by atoms with Crippen LogP contribution in [0.2, 0.25) is 10.2 Å². The molecule has 2 rings (SSSR count). The van der Waals surface area contributed by atoms with Gasteiger partial charge >= 0.3 is 12.5 Å². The summed E-state index contributed by atoms with van der Waals surface area (Å²) < 4.78 is 71.7. The first kappa shape index (κ1) is 19.3. The van der Waals surface area contributed by atoms with E-state index >= 15 is 0 Å². The number of halogens is 7. The van der Waals surface area contributed by atoms with Crippen LogP contribution in [-0.4, -0.2) is 22.6 Å². The number of imidazole rings is 1. The predicted octanol–water partition coefficient (Wildman–Crippen LogP) is 5.13. The maximum Gasteiger partial charge on any atom is 0.391 e. The Morgan fingerprint density at radius 1 is 1.36 bits per heavy atom. The third-order valence-electron chi connectivity index (χ3n) is 3.14. The van der Waals surface area contributed by atoms with Crippen LogP contribution in [0, 0.1) is 25.1 Å². The van der Waals surface area contributed by atoms with Gasteiger partial charge in [-0.1, -0.05) is 29.1 Å². The zero-order valence-corrected chi connectivity index (χ0v) is 14.0. The quantitative estimate of drug-likeness (QED) is 0.515. The van der Waals surface area contributed by atoms with Crippen LogP contribution in [0.25, 0.3) is 11.3 Å². The molecule has 10 heteroatoms. The second-order valence-electron chi connectivity index (χ2n) is 4.78. The number of benzene rings is 1. The van der Waals surface area contributed by atoms with Gasteiger partial charge in [0, 0.05) is 5.56 Å². The van der Waals surface area contributed by atoms with Gasteiger partial charge < -0.3 is 4.74 Å². The number of ether oxygens (including phenoxy) is 1. The fraction of sp³-hybridized carbons (Fsp3) is 0.267. The van der Waals surface area contributed by atoms with Gasteiger partial charge in [0.05, 0.1) is 5.02 Å². The molecule has 0 N–H and O–H groups in total. The number of hydrogen-bond donors (Lipinski definition) is 0. The van der Waals surface area contributed by atoms with Crippen LogP contribution in [0.15, 0.2) is 12.1 Å². The standard InChI is InChI=1S/C15H9Cl2F5N2O/c1-3-4-25-11-5-8(10(18)6-9(11)16)12-13(17)24(7(2)23-12)15(21,22)14(19)20/h1,5-6,14H,4H2,2H3. The lowest BCUT2D eigenvalue weighted by atomic mass is 10.1. The van der Waals surface area contributed by atoms with Crippen LogP contribution in [0.1, 0.15) is 5.82 Å². The Labute approximate surface area is 149 Å². The highest BCUT2D eigenvalue weighted by Crippen LogP contribution is 2.40. The van der Waals surface area contributed by atoms with Crippen molar-refractivity contribution in [3.8, 4) is 29.4 Å². The summed E-state index contributed by atoms with van der Waals surface area (Å²) in [5.41, 5.74) is -0.812. The zero-order chi connectivity index (χ0) is 18.9. The molecule has 1 heterocycles. The van der Waals surface area contributed by atoms with Gasteiger partial charge in [-0.05, 0) is 19.1 Å². The smallest absolute Gasteiger partial charge is 0.391 e. The fourth-order valence-electron chi connectivity index (χ4n) is 2.06. The lowest BCUT2D eigenvalue weighted by Crippen LogP contribution is -2.32. The molecule has 25 heavy (non-hydrogen) atoms. The Morgan fingerprint density at radius 3 is 2.56 bits per heavy atom. The molecule has 0 unspecified atom stereocenters. The van der Waals surface area contributed by atoms with Crippen LogP contribution in [0.3, 0.4) is 0 Å². The number of rotatable bonds is 5. The van der Waals surface area contributed by atoms with Gasteiger partial charge in [0.25, 0.3) is 0 Å². The highest BCUT2D eigenvalue weighted by Gasteiger charge is 2.46. The summed E-state index contributed by atoms with van der Waals surface area (Å²) in [5.74, 6) is 0.653. The number of hydrogen-bond acceptors (Lipinski definition) is 2. The van der Waals surface area contributed by atoms with Crippen LogP contribution in [0.4, 0.5) is 22.0 Å². The number of alkyl halides is 4. The van der Waals surface area contributed by atoms with Crippen LogP contribution >= 0.6 is 23.2 Å². The first-order valence-corrected chi connectivity index (χ1v) is 7.33. The van der Waals surface area contributed by atoms with Crippen molar-refractivity contribution < 1.29 is 26.7 Å². The molecule has 3 nitrogen and oxygen atoms in total. The lowest BCUT2D eigenvalue weighted by Gasteiger charge is -2.19. The SMILES string of the molecule is C#CCOc1cc(-c2nc(C)n(C(F)(F)C(F)F)c2Cl)c(F)cc1Cl. The van der Waals surface area contributed by atoms with Crippen molar-refractivity contribution in [2.45, 2.75) is 19.4 Å². The van der Waals surface area contributed by atoms with Crippen LogP contribution in [0.5, 0.6) is 5.75 Å². The molecule has 0 saturated carbocycles. The molecule has 1 aromatic heterocycles. The molecule has 0 saturated heterocycles. The van der Waals surface area contributed by atoms with E-state index in [0.717, 1.165) is 19.1 Å². The Bertz CT molecular complexity index is 845. The molecule has 1 aromatic carbocycles. The maximum atomic E-state index is 14.2. The monoisotopic (exact) mass is 398 g/mol. The van der Waals surface area contributed by atoms with Gasteiger partial charge in [-0.15, -0.1) is 6.42 Å². The first-order valence-electron chi connectivity index (χ1n) is 6.58. The minimum atomic E-state index is -4.61. The van der Waals surface area contributed by atoms with Gasteiger partial charge in [0.15, 0.2) is 0 Å². The normalized spacial score (nSPS) is 11.7. The third kappa shape index (κ3) is 3.53. The summed E-state index contributed by atoms with van der Waals surface area (Å²) in [6.45, 7) is 0.852. The van der Waals surface area contributed by atoms with Crippen molar-refractivity contribution >= 4 is 23.2 Å². The summed E-state index contributed by atoms with van der Waals surface area (Å²) in [7, 11) is 0. The zero-order valence-electron chi connectivity index (χ0n) is 12.5. The average Bonchev–Trinajstić information content (AvgIpc) is 2.81. The topological polar surface area (TPSA) is 27.1 Å². The van der Waals surface area contributed by atoms with Crippen LogP contribution in [-0.2, 0) is 6.05 Å². The molecule has 0 fully saturated rings. The van der Waals surface area contributed by atoms with Crippen molar-refractivity contribution in [3.05, 3.63) is 34.0 Å². The van der Waals surface area contributed by atoms with Crippen molar-refractivity contribution in [2.75, 3.05) is 6.61 Å². The van der Waals surface area contributed by atoms with Crippen molar-refractivity contribution in [1.82, 2.24) is 9.55 Å². The Morgan fingerprint density at radius 2 is 2.00 bits per heavy atom. The average molecular weight is 399 g/mol. The van der Waals surface area contributed by atoms with Gasteiger partial charge in [0.1, 0.15) is 34.8 Å². The second kappa shape index (κ2) is 7.10. The van der Waals surface area contributed by atoms with E-state index in [9.17, 15) is 22.0 Å². The number of nitrogens with zero attached hydrogens (tertiary/aromatic N) is 2. The van der Waals surface area contributed by atoms with Crippen molar-refractivity contribution in [3.63, 3.8) is 0 Å². The van der Waals surface area contributed by atoms with Gasteiger partial charge in [-0.2, -0.15) is 8.78 Å². The van der Waals surface area contributed by atoms with E-state index in [1.807, 2.05) is 0 Å². The van der Waals surface area contributed by atoms with E-state index < -0.39 is 35.0 Å². The van der Waals surface area contributed by atoms with Gasteiger partial charge in [-0.3, -0.25) is 4.57 Å². The number of aromatic nitrogens is 2.